The standard InChI is InChI=1S/C19H29N5O2.HI/c1-20-19(24-11-6-16(7-12-24)18(25)26-2)22-14-15-5-8-21-17(13-15)23-9-3-4-10-23;/h5,8,13,16H,3-4,6-7,9-12,14H2,1-2H3,(H,20,22);1H. The van der Waals surface area contributed by atoms with Gasteiger partial charge in [-0.3, -0.25) is 9.79 Å². The number of halogens is 1. The van der Waals surface area contributed by atoms with Crippen LogP contribution in [0.25, 0.3) is 0 Å². The summed E-state index contributed by atoms with van der Waals surface area (Å²) in [5, 5.41) is 3.44. The summed E-state index contributed by atoms with van der Waals surface area (Å²) in [5.74, 6) is 1.86. The second-order valence-electron chi connectivity index (χ2n) is 6.90. The van der Waals surface area contributed by atoms with E-state index < -0.39 is 0 Å². The molecule has 3 heterocycles. The Morgan fingerprint density at radius 2 is 2.00 bits per heavy atom. The molecule has 0 saturated carbocycles. The predicted molar refractivity (Wildman–Crippen MR) is 118 cm³/mol. The van der Waals surface area contributed by atoms with Crippen LogP contribution in [0.2, 0.25) is 0 Å². The van der Waals surface area contributed by atoms with Crippen molar-refractivity contribution in [3.05, 3.63) is 23.9 Å². The van der Waals surface area contributed by atoms with Crippen molar-refractivity contribution in [3.63, 3.8) is 0 Å². The highest BCUT2D eigenvalue weighted by Crippen LogP contribution is 2.20. The summed E-state index contributed by atoms with van der Waals surface area (Å²) < 4.78 is 4.86. The van der Waals surface area contributed by atoms with E-state index in [2.05, 4.69) is 31.2 Å². The molecule has 2 aliphatic rings. The van der Waals surface area contributed by atoms with Crippen LogP contribution in [0.1, 0.15) is 31.2 Å². The van der Waals surface area contributed by atoms with Crippen molar-refractivity contribution in [3.8, 4) is 0 Å². The van der Waals surface area contributed by atoms with Crippen molar-refractivity contribution in [2.45, 2.75) is 32.2 Å². The zero-order valence-electron chi connectivity index (χ0n) is 16.2. The lowest BCUT2D eigenvalue weighted by Gasteiger charge is -2.33. The Kier molecular flexibility index (Phi) is 8.59. The Hall–Kier alpha value is -1.58. The average molecular weight is 487 g/mol. The van der Waals surface area contributed by atoms with Crippen molar-refractivity contribution in [1.82, 2.24) is 15.2 Å². The number of guanidine groups is 1. The van der Waals surface area contributed by atoms with Gasteiger partial charge in [0, 0.05) is 46.0 Å². The fourth-order valence-corrected chi connectivity index (χ4v) is 3.70. The van der Waals surface area contributed by atoms with Crippen molar-refractivity contribution in [1.29, 1.82) is 0 Å². The zero-order chi connectivity index (χ0) is 18.4. The molecule has 1 N–H and O–H groups in total. The number of hydrogen-bond acceptors (Lipinski definition) is 5. The molecule has 0 spiro atoms. The largest absolute Gasteiger partial charge is 0.469 e. The van der Waals surface area contributed by atoms with Gasteiger partial charge in [-0.1, -0.05) is 0 Å². The number of hydrogen-bond donors (Lipinski definition) is 1. The number of pyridine rings is 1. The quantitative estimate of drug-likeness (QED) is 0.304. The third-order valence-corrected chi connectivity index (χ3v) is 5.23. The topological polar surface area (TPSA) is 70.1 Å². The number of nitrogens with one attached hydrogen (secondary N) is 1. The fraction of sp³-hybridized carbons (Fsp3) is 0.632. The average Bonchev–Trinajstić information content (AvgIpc) is 3.23. The number of rotatable bonds is 4. The van der Waals surface area contributed by atoms with Crippen molar-refractivity contribution in [2.75, 3.05) is 45.2 Å². The van der Waals surface area contributed by atoms with Crippen molar-refractivity contribution in [2.24, 2.45) is 10.9 Å². The van der Waals surface area contributed by atoms with Crippen molar-refractivity contribution >= 4 is 41.7 Å². The van der Waals surface area contributed by atoms with Crippen LogP contribution in [0.3, 0.4) is 0 Å². The molecule has 150 valence electrons. The summed E-state index contributed by atoms with van der Waals surface area (Å²) in [6, 6.07) is 4.21. The number of likely N-dealkylation sites (tertiary alicyclic amines) is 1. The van der Waals surface area contributed by atoms with Gasteiger partial charge in [0.1, 0.15) is 5.82 Å². The van der Waals surface area contributed by atoms with E-state index in [1.807, 2.05) is 12.3 Å². The van der Waals surface area contributed by atoms with Gasteiger partial charge >= 0.3 is 5.97 Å². The first kappa shape index (κ1) is 21.7. The van der Waals surface area contributed by atoms with Crippen LogP contribution in [0.15, 0.2) is 23.3 Å². The lowest BCUT2D eigenvalue weighted by atomic mass is 9.97. The molecule has 3 rings (SSSR count). The predicted octanol–water partition coefficient (Wildman–Crippen LogP) is 2.26. The number of piperidine rings is 1. The maximum Gasteiger partial charge on any atom is 0.308 e. The summed E-state index contributed by atoms with van der Waals surface area (Å²) in [5.41, 5.74) is 1.20. The molecular weight excluding hydrogens is 457 g/mol. The molecule has 0 aromatic carbocycles. The monoisotopic (exact) mass is 487 g/mol. The highest BCUT2D eigenvalue weighted by molar-refractivity contribution is 14.0. The number of ether oxygens (including phenoxy) is 1. The number of nitrogens with zero attached hydrogens (tertiary/aromatic N) is 4. The van der Waals surface area contributed by atoms with E-state index in [0.29, 0.717) is 6.54 Å². The van der Waals surface area contributed by atoms with E-state index in [1.54, 1.807) is 7.05 Å². The van der Waals surface area contributed by atoms with Crippen LogP contribution in [0, 0.1) is 5.92 Å². The van der Waals surface area contributed by atoms with Gasteiger partial charge in [-0.05, 0) is 43.4 Å². The number of aromatic nitrogens is 1. The molecule has 2 saturated heterocycles. The molecule has 27 heavy (non-hydrogen) atoms. The van der Waals surface area contributed by atoms with Gasteiger partial charge in [0.2, 0.25) is 0 Å². The van der Waals surface area contributed by atoms with Crippen LogP contribution in [0.5, 0.6) is 0 Å². The van der Waals surface area contributed by atoms with Crippen LogP contribution < -0.4 is 10.2 Å². The van der Waals surface area contributed by atoms with E-state index in [4.69, 9.17) is 4.74 Å². The molecule has 1 aromatic rings. The van der Waals surface area contributed by atoms with Crippen LogP contribution in [-0.2, 0) is 16.1 Å². The number of aliphatic imine (C=N–C) groups is 1. The highest BCUT2D eigenvalue weighted by atomic mass is 127. The zero-order valence-corrected chi connectivity index (χ0v) is 18.5. The summed E-state index contributed by atoms with van der Waals surface area (Å²) in [6.45, 7) is 4.54. The fourth-order valence-electron chi connectivity index (χ4n) is 3.70. The maximum absolute atomic E-state index is 11.7. The molecule has 0 aliphatic carbocycles. The summed E-state index contributed by atoms with van der Waals surface area (Å²) >= 11 is 0. The Morgan fingerprint density at radius 3 is 2.63 bits per heavy atom. The Balaban J connectivity index is 0.00000261. The number of anilines is 1. The number of methoxy groups -OCH3 is 1. The van der Waals surface area contributed by atoms with E-state index in [9.17, 15) is 4.79 Å². The number of esters is 1. The third kappa shape index (κ3) is 5.70. The second-order valence-corrected chi connectivity index (χ2v) is 6.90. The SMILES string of the molecule is CN=C(NCc1ccnc(N2CCCC2)c1)N1CCC(C(=O)OC)CC1.I. The molecular formula is C19H30IN5O2. The minimum absolute atomic E-state index is 0. The lowest BCUT2D eigenvalue weighted by Crippen LogP contribution is -2.46. The van der Waals surface area contributed by atoms with E-state index in [-0.39, 0.29) is 35.9 Å². The minimum atomic E-state index is -0.0983. The molecule has 8 heteroatoms. The normalized spacial score (nSPS) is 18.2. The molecule has 0 radical (unpaired) electrons. The molecule has 0 unspecified atom stereocenters. The summed E-state index contributed by atoms with van der Waals surface area (Å²) in [7, 11) is 3.26. The molecule has 0 atom stereocenters. The third-order valence-electron chi connectivity index (χ3n) is 5.23. The van der Waals surface area contributed by atoms with Gasteiger partial charge in [-0.25, -0.2) is 4.98 Å². The van der Waals surface area contributed by atoms with Gasteiger partial charge < -0.3 is 19.9 Å². The Bertz CT molecular complexity index is 641. The lowest BCUT2D eigenvalue weighted by molar-refractivity contribution is -0.146. The summed E-state index contributed by atoms with van der Waals surface area (Å²) in [4.78, 5) is 25.1. The van der Waals surface area contributed by atoms with Gasteiger partial charge in [0.15, 0.2) is 5.96 Å². The van der Waals surface area contributed by atoms with Gasteiger partial charge in [-0.2, -0.15) is 0 Å². The highest BCUT2D eigenvalue weighted by Gasteiger charge is 2.26. The van der Waals surface area contributed by atoms with Crippen molar-refractivity contribution < 1.29 is 9.53 Å². The summed E-state index contributed by atoms with van der Waals surface area (Å²) in [6.07, 6.45) is 6.00. The molecule has 0 amide bonds. The first-order valence-electron chi connectivity index (χ1n) is 9.44. The second kappa shape index (κ2) is 10.7. The van der Waals surface area contributed by atoms with E-state index >= 15 is 0 Å². The van der Waals surface area contributed by atoms with Gasteiger partial charge in [-0.15, -0.1) is 24.0 Å². The molecule has 2 fully saturated rings. The maximum atomic E-state index is 11.7. The smallest absolute Gasteiger partial charge is 0.308 e. The van der Waals surface area contributed by atoms with Gasteiger partial charge in [0.25, 0.3) is 0 Å². The van der Waals surface area contributed by atoms with E-state index in [0.717, 1.165) is 50.8 Å². The molecule has 7 nitrogen and oxygen atoms in total. The Morgan fingerprint density at radius 1 is 1.30 bits per heavy atom. The minimum Gasteiger partial charge on any atom is -0.469 e. The number of carbonyl (C=O) groups excluding carboxylic acids is 1. The molecule has 0 bridgehead atoms. The van der Waals surface area contributed by atoms with Crippen LogP contribution >= 0.6 is 24.0 Å². The first-order chi connectivity index (χ1) is 12.7. The van der Waals surface area contributed by atoms with Crippen LogP contribution in [-0.4, -0.2) is 62.1 Å². The van der Waals surface area contributed by atoms with E-state index in [1.165, 1.54) is 25.5 Å². The first-order valence-corrected chi connectivity index (χ1v) is 9.44. The molecule has 2 aliphatic heterocycles. The van der Waals surface area contributed by atoms with Gasteiger partial charge in [0.05, 0.1) is 13.0 Å². The number of carbonyl (C=O) groups is 1. The Labute approximate surface area is 178 Å². The van der Waals surface area contributed by atoms with Crippen LogP contribution in [0.4, 0.5) is 5.82 Å². The molecule has 1 aromatic heterocycles.